The van der Waals surface area contributed by atoms with Crippen molar-refractivity contribution < 1.29 is 19.0 Å². The van der Waals surface area contributed by atoms with E-state index in [4.69, 9.17) is 25.8 Å². The van der Waals surface area contributed by atoms with Crippen LogP contribution in [0.2, 0.25) is 5.02 Å². The van der Waals surface area contributed by atoms with E-state index in [1.165, 1.54) is 0 Å². The summed E-state index contributed by atoms with van der Waals surface area (Å²) in [5.74, 6) is -0.306. The van der Waals surface area contributed by atoms with Crippen LogP contribution in [0.5, 0.6) is 0 Å². The molecule has 1 aromatic rings. The molecular weight excluding hydrogens is 342 g/mol. The number of benzene rings is 1. The van der Waals surface area contributed by atoms with Gasteiger partial charge < -0.3 is 14.2 Å². The maximum absolute atomic E-state index is 12.5. The van der Waals surface area contributed by atoms with Crippen LogP contribution in [0, 0.1) is 13.8 Å². The Hall–Kier alpha value is -1.43. The molecule has 0 N–H and O–H groups in total. The van der Waals surface area contributed by atoms with E-state index in [1.54, 1.807) is 0 Å². The monoisotopic (exact) mass is 363 g/mol. The number of rotatable bonds is 2. The zero-order valence-corrected chi connectivity index (χ0v) is 15.3. The molecule has 0 aromatic heterocycles. The topological polar surface area (TPSA) is 57.1 Å². The molecule has 0 amide bonds. The highest BCUT2D eigenvalue weighted by Crippen LogP contribution is 2.44. The third-order valence-corrected chi connectivity index (χ3v) is 5.81. The number of hydrogen-bond donors (Lipinski definition) is 0. The van der Waals surface area contributed by atoms with E-state index in [-0.39, 0.29) is 5.97 Å². The molecule has 2 aliphatic heterocycles. The number of ether oxygens (including phenoxy) is 3. The molecule has 6 heteroatoms. The number of halogens is 1. The lowest BCUT2D eigenvalue weighted by molar-refractivity contribution is -0.186. The molecular formula is C19H22ClNO4. The number of esters is 1. The molecule has 1 saturated carbocycles. The van der Waals surface area contributed by atoms with Gasteiger partial charge in [0.05, 0.1) is 19.6 Å². The predicted octanol–water partition coefficient (Wildman–Crippen LogP) is 3.51. The predicted molar refractivity (Wildman–Crippen MR) is 94.0 cm³/mol. The van der Waals surface area contributed by atoms with Gasteiger partial charge in [-0.25, -0.2) is 9.79 Å². The van der Waals surface area contributed by atoms with Crippen molar-refractivity contribution in [1.29, 1.82) is 0 Å². The van der Waals surface area contributed by atoms with Crippen LogP contribution in [0.4, 0.5) is 0 Å². The second-order valence-electron chi connectivity index (χ2n) is 7.25. The minimum Gasteiger partial charge on any atom is -0.410 e. The van der Waals surface area contributed by atoms with Crippen molar-refractivity contribution in [2.24, 2.45) is 4.99 Å². The first-order chi connectivity index (χ1) is 11.9. The lowest BCUT2D eigenvalue weighted by Crippen LogP contribution is -2.45. The lowest BCUT2D eigenvalue weighted by atomic mass is 9.79. The van der Waals surface area contributed by atoms with Gasteiger partial charge in [0.25, 0.3) is 0 Å². The molecule has 2 heterocycles. The Kier molecular flexibility index (Phi) is 4.13. The summed E-state index contributed by atoms with van der Waals surface area (Å²) in [5.41, 5.74) is 2.38. The zero-order valence-electron chi connectivity index (χ0n) is 14.6. The Balaban J connectivity index is 1.53. The number of aliphatic imine (C=N–C) groups is 1. The van der Waals surface area contributed by atoms with Crippen LogP contribution in [-0.4, -0.2) is 36.4 Å². The van der Waals surface area contributed by atoms with E-state index in [1.807, 2.05) is 19.9 Å². The van der Waals surface area contributed by atoms with Crippen molar-refractivity contribution in [1.82, 2.24) is 0 Å². The molecule has 1 aromatic carbocycles. The molecule has 1 saturated heterocycles. The molecule has 5 nitrogen and oxygen atoms in total. The molecule has 2 spiro atoms. The van der Waals surface area contributed by atoms with E-state index < -0.39 is 11.3 Å². The summed E-state index contributed by atoms with van der Waals surface area (Å²) in [4.78, 5) is 17.2. The summed E-state index contributed by atoms with van der Waals surface area (Å²) in [5, 5.41) is 0.688. The van der Waals surface area contributed by atoms with Crippen LogP contribution in [0.1, 0.15) is 42.4 Å². The van der Waals surface area contributed by atoms with Crippen molar-refractivity contribution in [3.05, 3.63) is 33.8 Å². The van der Waals surface area contributed by atoms with E-state index in [9.17, 15) is 4.79 Å². The van der Waals surface area contributed by atoms with Gasteiger partial charge >= 0.3 is 5.97 Å². The molecule has 0 bridgehead atoms. The van der Waals surface area contributed by atoms with Crippen molar-refractivity contribution in [3.8, 4) is 0 Å². The molecule has 4 rings (SSSR count). The third-order valence-electron chi connectivity index (χ3n) is 5.47. The molecule has 2 fully saturated rings. The maximum Gasteiger partial charge on any atom is 0.340 e. The standard InChI is InChI=1S/C19H22ClNO4/c1-12-9-13(2)14(15(20)10-12)11-16-21-18(17(22)25-16)3-5-19(6-4-18)23-7-8-24-19/h9-10H,3-8,11H2,1-2H3. The number of carbonyl (C=O) groups is 1. The van der Waals surface area contributed by atoms with Crippen molar-refractivity contribution in [2.45, 2.75) is 57.3 Å². The first-order valence-electron chi connectivity index (χ1n) is 8.76. The van der Waals surface area contributed by atoms with E-state index in [2.05, 4.69) is 11.1 Å². The van der Waals surface area contributed by atoms with Gasteiger partial charge in [0.2, 0.25) is 0 Å². The van der Waals surface area contributed by atoms with Crippen molar-refractivity contribution in [2.75, 3.05) is 13.2 Å². The van der Waals surface area contributed by atoms with Crippen molar-refractivity contribution in [3.63, 3.8) is 0 Å². The molecule has 1 aliphatic carbocycles. The average Bonchev–Trinajstić information content (AvgIpc) is 3.12. The molecule has 134 valence electrons. The smallest absolute Gasteiger partial charge is 0.340 e. The van der Waals surface area contributed by atoms with Crippen LogP contribution in [0.25, 0.3) is 0 Å². The normalized spacial score (nSPS) is 24.0. The van der Waals surface area contributed by atoms with Crippen LogP contribution in [0.3, 0.4) is 0 Å². The van der Waals surface area contributed by atoms with Gasteiger partial charge in [-0.3, -0.25) is 0 Å². The number of hydrogen-bond acceptors (Lipinski definition) is 5. The highest BCUT2D eigenvalue weighted by molar-refractivity contribution is 6.31. The first kappa shape index (κ1) is 17.0. The summed E-state index contributed by atoms with van der Waals surface area (Å²) in [7, 11) is 0. The fourth-order valence-electron chi connectivity index (χ4n) is 4.05. The number of nitrogens with zero attached hydrogens (tertiary/aromatic N) is 1. The van der Waals surface area contributed by atoms with Gasteiger partial charge in [-0.1, -0.05) is 17.7 Å². The van der Waals surface area contributed by atoms with Crippen LogP contribution in [0.15, 0.2) is 17.1 Å². The largest absolute Gasteiger partial charge is 0.410 e. The molecule has 0 radical (unpaired) electrons. The molecule has 3 aliphatic rings. The second-order valence-corrected chi connectivity index (χ2v) is 7.66. The second kappa shape index (κ2) is 6.08. The van der Waals surface area contributed by atoms with Crippen LogP contribution < -0.4 is 0 Å². The van der Waals surface area contributed by atoms with Gasteiger partial charge in [0.15, 0.2) is 17.2 Å². The van der Waals surface area contributed by atoms with Gasteiger partial charge in [-0.05, 0) is 49.4 Å². The van der Waals surface area contributed by atoms with Gasteiger partial charge in [0, 0.05) is 17.9 Å². The SMILES string of the molecule is Cc1cc(C)c(CC2=NC3(CCC4(CC3)OCCO4)C(=O)O2)c(Cl)c1. The van der Waals surface area contributed by atoms with Crippen molar-refractivity contribution >= 4 is 23.5 Å². The Morgan fingerprint density at radius 1 is 1.12 bits per heavy atom. The quantitative estimate of drug-likeness (QED) is 0.754. The van der Waals surface area contributed by atoms with Gasteiger partial charge in [-0.2, -0.15) is 0 Å². The summed E-state index contributed by atoms with van der Waals surface area (Å²) in [6, 6.07) is 4.00. The first-order valence-corrected chi connectivity index (χ1v) is 9.14. The highest BCUT2D eigenvalue weighted by atomic mass is 35.5. The lowest BCUT2D eigenvalue weighted by Gasteiger charge is -2.37. The number of aryl methyl sites for hydroxylation is 2. The molecule has 0 unspecified atom stereocenters. The Morgan fingerprint density at radius 2 is 1.80 bits per heavy atom. The van der Waals surface area contributed by atoms with Crippen LogP contribution in [-0.2, 0) is 25.4 Å². The van der Waals surface area contributed by atoms with Gasteiger partial charge in [0.1, 0.15) is 0 Å². The number of cyclic esters (lactones) is 1. The summed E-state index contributed by atoms with van der Waals surface area (Å²) in [6.07, 6.45) is 2.97. The fraction of sp³-hybridized carbons (Fsp3) is 0.579. The van der Waals surface area contributed by atoms with E-state index in [0.29, 0.717) is 56.2 Å². The minimum atomic E-state index is -0.777. The summed E-state index contributed by atoms with van der Waals surface area (Å²) < 4.78 is 17.0. The summed E-state index contributed by atoms with van der Waals surface area (Å²) in [6.45, 7) is 5.27. The summed E-state index contributed by atoms with van der Waals surface area (Å²) >= 11 is 6.38. The minimum absolute atomic E-state index is 0.253. The maximum atomic E-state index is 12.5. The molecule has 0 atom stereocenters. The highest BCUT2D eigenvalue weighted by Gasteiger charge is 2.53. The Bertz CT molecular complexity index is 719. The van der Waals surface area contributed by atoms with E-state index >= 15 is 0 Å². The fourth-order valence-corrected chi connectivity index (χ4v) is 4.44. The van der Waals surface area contributed by atoms with E-state index in [0.717, 1.165) is 16.7 Å². The number of carbonyl (C=O) groups excluding carboxylic acids is 1. The third kappa shape index (κ3) is 2.98. The zero-order chi connectivity index (χ0) is 17.7. The van der Waals surface area contributed by atoms with Gasteiger partial charge in [-0.15, -0.1) is 0 Å². The average molecular weight is 364 g/mol. The van der Waals surface area contributed by atoms with Crippen LogP contribution >= 0.6 is 11.6 Å². The molecule has 25 heavy (non-hydrogen) atoms. The Morgan fingerprint density at radius 3 is 2.44 bits per heavy atom. The Labute approximate surface area is 152 Å².